The van der Waals surface area contributed by atoms with Crippen LogP contribution in [0.2, 0.25) is 0 Å². The quantitative estimate of drug-likeness (QED) is 0.586. The number of aryl methyl sites for hydroxylation is 1. The zero-order valence-corrected chi connectivity index (χ0v) is 9.45. The van der Waals surface area contributed by atoms with E-state index in [1.54, 1.807) is 6.07 Å². The minimum Gasteiger partial charge on any atom is -0.461 e. The van der Waals surface area contributed by atoms with Gasteiger partial charge in [0.2, 0.25) is 0 Å². The van der Waals surface area contributed by atoms with Gasteiger partial charge in [0, 0.05) is 18.7 Å². The number of furan rings is 1. The van der Waals surface area contributed by atoms with Crippen LogP contribution in [0.4, 0.5) is 0 Å². The van der Waals surface area contributed by atoms with E-state index in [1.807, 2.05) is 18.2 Å². The first kappa shape index (κ1) is 10.7. The van der Waals surface area contributed by atoms with E-state index in [9.17, 15) is 4.79 Å². The number of ether oxygens (including phenoxy) is 1. The zero-order chi connectivity index (χ0) is 11.5. The van der Waals surface area contributed by atoms with Gasteiger partial charge in [0.25, 0.3) is 0 Å². The molecular weight excluding hydrogens is 204 g/mol. The molecule has 3 heteroatoms. The summed E-state index contributed by atoms with van der Waals surface area (Å²) in [6, 6.07) is 7.38. The summed E-state index contributed by atoms with van der Waals surface area (Å²) < 4.78 is 10.6. The molecule has 0 aliphatic rings. The average molecular weight is 218 g/mol. The Kier molecular flexibility index (Phi) is 2.95. The summed E-state index contributed by atoms with van der Waals surface area (Å²) in [5.41, 5.74) is 0.833. The zero-order valence-electron chi connectivity index (χ0n) is 9.45. The molecule has 0 fully saturated rings. The molecule has 3 nitrogen and oxygen atoms in total. The summed E-state index contributed by atoms with van der Waals surface area (Å²) in [7, 11) is 0. The van der Waals surface area contributed by atoms with E-state index >= 15 is 0 Å². The van der Waals surface area contributed by atoms with Crippen molar-refractivity contribution < 1.29 is 13.9 Å². The maximum Gasteiger partial charge on any atom is 0.308 e. The maximum absolute atomic E-state index is 10.8. The lowest BCUT2D eigenvalue weighted by atomic mass is 10.2. The van der Waals surface area contributed by atoms with Gasteiger partial charge >= 0.3 is 5.97 Å². The van der Waals surface area contributed by atoms with E-state index in [0.717, 1.165) is 29.6 Å². The molecule has 0 amide bonds. The predicted octanol–water partition coefficient (Wildman–Crippen LogP) is 3.31. The number of hydrogen-bond acceptors (Lipinski definition) is 3. The summed E-state index contributed by atoms with van der Waals surface area (Å²) in [5.74, 6) is 1.22. The third-order valence-electron chi connectivity index (χ3n) is 2.30. The molecule has 2 aromatic rings. The number of fused-ring (bicyclic) bond motifs is 1. The van der Waals surface area contributed by atoms with Gasteiger partial charge in [-0.15, -0.1) is 0 Å². The van der Waals surface area contributed by atoms with Crippen molar-refractivity contribution in [3.05, 3.63) is 30.0 Å². The van der Waals surface area contributed by atoms with Crippen molar-refractivity contribution in [3.8, 4) is 5.75 Å². The topological polar surface area (TPSA) is 39.4 Å². The van der Waals surface area contributed by atoms with Gasteiger partial charge in [-0.25, -0.2) is 0 Å². The molecule has 0 spiro atoms. The lowest BCUT2D eigenvalue weighted by Gasteiger charge is -1.99. The minimum absolute atomic E-state index is 0.309. The van der Waals surface area contributed by atoms with Crippen LogP contribution in [0.5, 0.6) is 5.75 Å². The maximum atomic E-state index is 10.8. The first-order chi connectivity index (χ1) is 7.69. The van der Waals surface area contributed by atoms with Crippen molar-refractivity contribution in [2.24, 2.45) is 0 Å². The molecule has 16 heavy (non-hydrogen) atoms. The first-order valence-electron chi connectivity index (χ1n) is 5.40. The summed E-state index contributed by atoms with van der Waals surface area (Å²) in [4.78, 5) is 10.8. The van der Waals surface area contributed by atoms with Crippen molar-refractivity contribution in [1.82, 2.24) is 0 Å². The van der Waals surface area contributed by atoms with Crippen LogP contribution >= 0.6 is 0 Å². The van der Waals surface area contributed by atoms with Crippen molar-refractivity contribution in [2.45, 2.75) is 26.7 Å². The van der Waals surface area contributed by atoms with E-state index in [-0.39, 0.29) is 5.97 Å². The van der Waals surface area contributed by atoms with Crippen LogP contribution in [0.15, 0.2) is 28.7 Å². The van der Waals surface area contributed by atoms with Crippen molar-refractivity contribution in [3.63, 3.8) is 0 Å². The van der Waals surface area contributed by atoms with E-state index < -0.39 is 0 Å². The molecule has 0 saturated carbocycles. The standard InChI is InChI=1S/C13H14O3/c1-3-4-11-7-10-8-12(15-9(2)14)5-6-13(10)16-11/h5-8H,3-4H2,1-2H3. The fraction of sp³-hybridized carbons (Fsp3) is 0.308. The predicted molar refractivity (Wildman–Crippen MR) is 61.5 cm³/mol. The van der Waals surface area contributed by atoms with Crippen molar-refractivity contribution in [1.29, 1.82) is 0 Å². The Bertz CT molecular complexity index is 511. The van der Waals surface area contributed by atoms with E-state index in [0.29, 0.717) is 5.75 Å². The van der Waals surface area contributed by atoms with Gasteiger partial charge < -0.3 is 9.15 Å². The van der Waals surface area contributed by atoms with Gasteiger partial charge in [0.15, 0.2) is 0 Å². The van der Waals surface area contributed by atoms with Gasteiger partial charge in [0.05, 0.1) is 0 Å². The molecule has 2 rings (SSSR count). The smallest absolute Gasteiger partial charge is 0.308 e. The molecule has 0 unspecified atom stereocenters. The molecule has 0 aliphatic carbocycles. The number of benzene rings is 1. The van der Waals surface area contributed by atoms with Crippen LogP contribution in [0.3, 0.4) is 0 Å². The lowest BCUT2D eigenvalue weighted by Crippen LogP contribution is -2.00. The van der Waals surface area contributed by atoms with Gasteiger partial charge in [-0.2, -0.15) is 0 Å². The number of esters is 1. The summed E-state index contributed by atoms with van der Waals surface area (Å²) in [6.07, 6.45) is 1.98. The Balaban J connectivity index is 2.33. The largest absolute Gasteiger partial charge is 0.461 e. The highest BCUT2D eigenvalue weighted by Crippen LogP contribution is 2.25. The Morgan fingerprint density at radius 1 is 1.38 bits per heavy atom. The SMILES string of the molecule is CCCc1cc2cc(OC(C)=O)ccc2o1. The number of rotatable bonds is 3. The average Bonchev–Trinajstić information content (AvgIpc) is 2.59. The molecule has 0 aliphatic heterocycles. The summed E-state index contributed by atoms with van der Waals surface area (Å²) in [5, 5.41) is 0.974. The van der Waals surface area contributed by atoms with Crippen LogP contribution in [0.1, 0.15) is 26.0 Å². The number of carbonyl (C=O) groups excluding carboxylic acids is 1. The monoisotopic (exact) mass is 218 g/mol. The van der Waals surface area contributed by atoms with Crippen LogP contribution in [0.25, 0.3) is 11.0 Å². The van der Waals surface area contributed by atoms with Crippen LogP contribution in [0, 0.1) is 0 Å². The third kappa shape index (κ3) is 2.24. The van der Waals surface area contributed by atoms with Crippen molar-refractivity contribution in [2.75, 3.05) is 0 Å². The summed E-state index contributed by atoms with van der Waals surface area (Å²) in [6.45, 7) is 3.50. The molecule has 0 N–H and O–H groups in total. The van der Waals surface area contributed by atoms with Crippen molar-refractivity contribution >= 4 is 16.9 Å². The lowest BCUT2D eigenvalue weighted by molar-refractivity contribution is -0.131. The molecule has 0 radical (unpaired) electrons. The van der Waals surface area contributed by atoms with E-state index in [4.69, 9.17) is 9.15 Å². The Hall–Kier alpha value is -1.77. The molecule has 0 atom stereocenters. The number of carbonyl (C=O) groups is 1. The van der Waals surface area contributed by atoms with Gasteiger partial charge in [-0.1, -0.05) is 6.92 Å². The van der Waals surface area contributed by atoms with E-state index in [1.165, 1.54) is 6.92 Å². The number of hydrogen-bond donors (Lipinski definition) is 0. The molecule has 0 saturated heterocycles. The Labute approximate surface area is 94.0 Å². The highest BCUT2D eigenvalue weighted by atomic mass is 16.5. The van der Waals surface area contributed by atoms with Crippen LogP contribution < -0.4 is 4.74 Å². The fourth-order valence-electron chi connectivity index (χ4n) is 1.68. The second-order valence-electron chi connectivity index (χ2n) is 3.76. The molecule has 1 heterocycles. The highest BCUT2D eigenvalue weighted by molar-refractivity contribution is 5.80. The second kappa shape index (κ2) is 4.39. The summed E-state index contributed by atoms with van der Waals surface area (Å²) >= 11 is 0. The molecule has 0 bridgehead atoms. The fourth-order valence-corrected chi connectivity index (χ4v) is 1.68. The third-order valence-corrected chi connectivity index (χ3v) is 2.30. The van der Waals surface area contributed by atoms with Crippen LogP contribution in [-0.2, 0) is 11.2 Å². The second-order valence-corrected chi connectivity index (χ2v) is 3.76. The molecular formula is C13H14O3. The molecule has 1 aromatic carbocycles. The Morgan fingerprint density at radius 3 is 2.88 bits per heavy atom. The normalized spacial score (nSPS) is 10.6. The minimum atomic E-state index is -0.309. The van der Waals surface area contributed by atoms with Crippen LogP contribution in [-0.4, -0.2) is 5.97 Å². The van der Waals surface area contributed by atoms with Gasteiger partial charge in [0.1, 0.15) is 17.1 Å². The highest BCUT2D eigenvalue weighted by Gasteiger charge is 2.05. The Morgan fingerprint density at radius 2 is 2.19 bits per heavy atom. The first-order valence-corrected chi connectivity index (χ1v) is 5.40. The molecule has 84 valence electrons. The van der Waals surface area contributed by atoms with E-state index in [2.05, 4.69) is 6.92 Å². The molecule has 1 aromatic heterocycles. The van der Waals surface area contributed by atoms with Gasteiger partial charge in [-0.05, 0) is 30.7 Å². The van der Waals surface area contributed by atoms with Gasteiger partial charge in [-0.3, -0.25) is 4.79 Å².